The average Bonchev–Trinajstić information content (AvgIpc) is 2.66. The van der Waals surface area contributed by atoms with Crippen molar-refractivity contribution in [1.29, 1.82) is 0 Å². The molecule has 0 aromatic rings. The molecule has 1 atom stereocenters. The summed E-state index contributed by atoms with van der Waals surface area (Å²) in [6, 6.07) is 0. The number of rotatable bonds is 20. The van der Waals surface area contributed by atoms with Gasteiger partial charge in [0.25, 0.3) is 0 Å². The lowest BCUT2D eigenvalue weighted by molar-refractivity contribution is -0.145. The lowest BCUT2D eigenvalue weighted by Crippen LogP contribution is -2.17. The molecule has 0 heterocycles. The fourth-order valence-corrected chi connectivity index (χ4v) is 3.34. The van der Waals surface area contributed by atoms with Gasteiger partial charge in [0.15, 0.2) is 0 Å². The quantitative estimate of drug-likeness (QED) is 0.145. The van der Waals surface area contributed by atoms with E-state index in [1.54, 1.807) is 0 Å². The highest BCUT2D eigenvalue weighted by Gasteiger charge is 2.17. The zero-order valence-electron chi connectivity index (χ0n) is 17.6. The van der Waals surface area contributed by atoms with Crippen molar-refractivity contribution >= 4 is 11.9 Å². The van der Waals surface area contributed by atoms with Gasteiger partial charge in [0.05, 0.1) is 12.5 Å². The molecule has 4 heteroatoms. The minimum Gasteiger partial charge on any atom is -0.481 e. The summed E-state index contributed by atoms with van der Waals surface area (Å²) in [7, 11) is 0. The maximum absolute atomic E-state index is 11.2. The Bertz CT molecular complexity index is 379. The van der Waals surface area contributed by atoms with Crippen LogP contribution < -0.4 is 0 Å². The van der Waals surface area contributed by atoms with Gasteiger partial charge in [-0.15, -0.1) is 0 Å². The second-order valence-electron chi connectivity index (χ2n) is 7.58. The molecule has 0 saturated heterocycles. The number of carboxylic acids is 1. The van der Waals surface area contributed by atoms with Crippen molar-refractivity contribution in [2.45, 2.75) is 110 Å². The number of ether oxygens (including phenoxy) is 1. The summed E-state index contributed by atoms with van der Waals surface area (Å²) in [6.45, 7) is 5.73. The van der Waals surface area contributed by atoms with Crippen LogP contribution in [0, 0.1) is 5.92 Å². The summed E-state index contributed by atoms with van der Waals surface area (Å²) in [4.78, 5) is 22.2. The fraction of sp³-hybridized carbons (Fsp3) is 0.826. The monoisotopic (exact) mass is 382 g/mol. The summed E-state index contributed by atoms with van der Waals surface area (Å²) in [5.74, 6) is -1.70. The highest BCUT2D eigenvalue weighted by atomic mass is 16.5. The Labute approximate surface area is 166 Å². The Hall–Kier alpha value is -1.32. The van der Waals surface area contributed by atoms with Gasteiger partial charge in [-0.2, -0.15) is 0 Å². The van der Waals surface area contributed by atoms with E-state index in [0.29, 0.717) is 12.8 Å². The van der Waals surface area contributed by atoms with Gasteiger partial charge in [-0.05, 0) is 12.8 Å². The molecule has 4 nitrogen and oxygen atoms in total. The minimum atomic E-state index is -0.792. The van der Waals surface area contributed by atoms with E-state index >= 15 is 0 Å². The van der Waals surface area contributed by atoms with E-state index in [0.717, 1.165) is 18.9 Å². The van der Waals surface area contributed by atoms with Gasteiger partial charge in [0, 0.05) is 6.08 Å². The molecule has 0 aliphatic rings. The number of carboxylic acid groups (broad SMARTS) is 1. The maximum Gasteiger partial charge on any atom is 0.330 e. The average molecular weight is 383 g/mol. The van der Waals surface area contributed by atoms with Crippen LogP contribution in [-0.4, -0.2) is 23.7 Å². The van der Waals surface area contributed by atoms with Crippen molar-refractivity contribution in [3.63, 3.8) is 0 Å². The molecule has 0 aromatic heterocycles. The summed E-state index contributed by atoms with van der Waals surface area (Å²) in [6.07, 6.45) is 20.3. The number of esters is 1. The minimum absolute atomic E-state index is 0.153. The van der Waals surface area contributed by atoms with Gasteiger partial charge in [-0.3, -0.25) is 4.79 Å². The van der Waals surface area contributed by atoms with E-state index in [-0.39, 0.29) is 6.61 Å². The molecular formula is C23H42O4. The summed E-state index contributed by atoms with van der Waals surface area (Å²) >= 11 is 0. The van der Waals surface area contributed by atoms with Crippen LogP contribution >= 0.6 is 0 Å². The Morgan fingerprint density at radius 3 is 1.67 bits per heavy atom. The van der Waals surface area contributed by atoms with Crippen molar-refractivity contribution < 1.29 is 19.4 Å². The number of carbonyl (C=O) groups is 2. The van der Waals surface area contributed by atoms with Crippen molar-refractivity contribution in [3.05, 3.63) is 12.7 Å². The number of unbranched alkanes of at least 4 members (excludes halogenated alkanes) is 13. The standard InChI is InChI=1S/C23H42O4/c1-3-5-6-7-8-9-10-11-12-13-14-15-16-17-18-21(23(25)26)19-20-27-22(24)4-2/h4,21H,2-3,5-20H2,1H3,(H,25,26). The molecule has 0 saturated carbocycles. The van der Waals surface area contributed by atoms with Gasteiger partial charge >= 0.3 is 11.9 Å². The largest absolute Gasteiger partial charge is 0.481 e. The molecule has 0 spiro atoms. The summed E-state index contributed by atoms with van der Waals surface area (Å²) in [5, 5.41) is 9.24. The third-order valence-corrected chi connectivity index (χ3v) is 5.13. The zero-order valence-corrected chi connectivity index (χ0v) is 17.6. The fourth-order valence-electron chi connectivity index (χ4n) is 3.34. The third-order valence-electron chi connectivity index (χ3n) is 5.13. The molecule has 0 aliphatic heterocycles. The van der Waals surface area contributed by atoms with Crippen LogP contribution in [0.15, 0.2) is 12.7 Å². The van der Waals surface area contributed by atoms with Crippen LogP contribution in [0.3, 0.4) is 0 Å². The maximum atomic E-state index is 11.2. The van der Waals surface area contributed by atoms with Gasteiger partial charge in [0.1, 0.15) is 0 Å². The molecule has 0 amide bonds. The number of aliphatic carboxylic acids is 1. The molecule has 158 valence electrons. The smallest absolute Gasteiger partial charge is 0.330 e. The van der Waals surface area contributed by atoms with E-state index < -0.39 is 17.9 Å². The Balaban J connectivity index is 3.43. The van der Waals surface area contributed by atoms with Crippen LogP contribution in [0.5, 0.6) is 0 Å². The first-order valence-corrected chi connectivity index (χ1v) is 11.1. The highest BCUT2D eigenvalue weighted by Crippen LogP contribution is 2.17. The summed E-state index contributed by atoms with van der Waals surface area (Å²) < 4.78 is 4.88. The van der Waals surface area contributed by atoms with E-state index in [2.05, 4.69) is 13.5 Å². The third kappa shape index (κ3) is 17.8. The lowest BCUT2D eigenvalue weighted by atomic mass is 9.97. The van der Waals surface area contributed by atoms with Crippen molar-refractivity contribution in [2.24, 2.45) is 5.92 Å². The van der Waals surface area contributed by atoms with E-state index in [1.165, 1.54) is 77.0 Å². The van der Waals surface area contributed by atoms with Crippen LogP contribution in [0.2, 0.25) is 0 Å². The van der Waals surface area contributed by atoms with Crippen LogP contribution in [0.1, 0.15) is 110 Å². The van der Waals surface area contributed by atoms with Gasteiger partial charge in [-0.1, -0.05) is 103 Å². The van der Waals surface area contributed by atoms with E-state index in [4.69, 9.17) is 4.74 Å². The van der Waals surface area contributed by atoms with Crippen LogP contribution in [-0.2, 0) is 14.3 Å². The molecule has 0 radical (unpaired) electrons. The van der Waals surface area contributed by atoms with Gasteiger partial charge in [0.2, 0.25) is 0 Å². The van der Waals surface area contributed by atoms with E-state index in [1.807, 2.05) is 0 Å². The predicted molar refractivity (Wildman–Crippen MR) is 112 cm³/mol. The Morgan fingerprint density at radius 2 is 1.26 bits per heavy atom. The molecule has 0 aliphatic carbocycles. The van der Waals surface area contributed by atoms with E-state index in [9.17, 15) is 14.7 Å². The molecule has 27 heavy (non-hydrogen) atoms. The zero-order chi connectivity index (χ0) is 20.2. The molecule has 0 rings (SSSR count). The van der Waals surface area contributed by atoms with Crippen LogP contribution in [0.4, 0.5) is 0 Å². The molecule has 0 aromatic carbocycles. The second-order valence-corrected chi connectivity index (χ2v) is 7.58. The first-order chi connectivity index (χ1) is 13.1. The molecule has 1 unspecified atom stereocenters. The van der Waals surface area contributed by atoms with Crippen molar-refractivity contribution in [3.8, 4) is 0 Å². The molecular weight excluding hydrogens is 340 g/mol. The first-order valence-electron chi connectivity index (χ1n) is 11.1. The summed E-state index contributed by atoms with van der Waals surface area (Å²) in [5.41, 5.74) is 0. The first kappa shape index (κ1) is 25.7. The van der Waals surface area contributed by atoms with Gasteiger partial charge in [-0.25, -0.2) is 4.79 Å². The van der Waals surface area contributed by atoms with Crippen molar-refractivity contribution in [1.82, 2.24) is 0 Å². The molecule has 0 fully saturated rings. The van der Waals surface area contributed by atoms with Gasteiger partial charge < -0.3 is 9.84 Å². The predicted octanol–water partition coefficient (Wildman–Crippen LogP) is 6.68. The Morgan fingerprint density at radius 1 is 0.815 bits per heavy atom. The number of carbonyl (C=O) groups excluding carboxylic acids is 1. The number of hydrogen-bond donors (Lipinski definition) is 1. The lowest BCUT2D eigenvalue weighted by Gasteiger charge is -2.12. The molecule has 1 N–H and O–H groups in total. The molecule has 0 bridgehead atoms. The Kier molecular flexibility index (Phi) is 18.5. The number of hydrogen-bond acceptors (Lipinski definition) is 3. The SMILES string of the molecule is C=CC(=O)OCCC(CCCCCCCCCCCCCCCC)C(=O)O. The van der Waals surface area contributed by atoms with Crippen molar-refractivity contribution in [2.75, 3.05) is 6.61 Å². The topological polar surface area (TPSA) is 63.6 Å². The van der Waals surface area contributed by atoms with Crippen LogP contribution in [0.25, 0.3) is 0 Å². The second kappa shape index (κ2) is 19.4. The highest BCUT2D eigenvalue weighted by molar-refractivity contribution is 5.81. The normalized spacial score (nSPS) is 11.9.